The number of aliphatic hydroxyl groups is 2. The van der Waals surface area contributed by atoms with Crippen LogP contribution < -0.4 is 15.3 Å². The lowest BCUT2D eigenvalue weighted by Gasteiger charge is -2.15. The van der Waals surface area contributed by atoms with Crippen molar-refractivity contribution in [3.05, 3.63) is 106 Å². The lowest BCUT2D eigenvalue weighted by Crippen LogP contribution is -2.25. The molecule has 172 valence electrons. The Kier molecular flexibility index (Phi) is 6.46. The molecule has 1 unspecified atom stereocenters. The van der Waals surface area contributed by atoms with Crippen molar-refractivity contribution in [2.75, 3.05) is 12.0 Å². The van der Waals surface area contributed by atoms with Gasteiger partial charge in [-0.1, -0.05) is 36.4 Å². The zero-order chi connectivity index (χ0) is 24.2. The summed E-state index contributed by atoms with van der Waals surface area (Å²) in [7, 11) is -0.469. The van der Waals surface area contributed by atoms with Gasteiger partial charge in [0.15, 0.2) is 0 Å². The summed E-state index contributed by atoms with van der Waals surface area (Å²) in [6.07, 6.45) is 1.60. The highest BCUT2D eigenvalue weighted by Gasteiger charge is 2.33. The van der Waals surface area contributed by atoms with Crippen molar-refractivity contribution in [1.82, 2.24) is 0 Å². The van der Waals surface area contributed by atoms with E-state index in [0.29, 0.717) is 11.4 Å². The van der Waals surface area contributed by atoms with E-state index in [0.717, 1.165) is 6.07 Å². The number of hydrogen-bond acceptors (Lipinski definition) is 6. The van der Waals surface area contributed by atoms with E-state index in [-0.39, 0.29) is 31.8 Å². The van der Waals surface area contributed by atoms with Crippen LogP contribution in [-0.4, -0.2) is 37.8 Å². The molecule has 1 atom stereocenters. The van der Waals surface area contributed by atoms with Gasteiger partial charge in [-0.2, -0.15) is 0 Å². The lowest BCUT2D eigenvalue weighted by molar-refractivity contribution is 0.0695. The van der Waals surface area contributed by atoms with E-state index >= 15 is 0 Å². The van der Waals surface area contributed by atoms with E-state index in [1.54, 1.807) is 23.2 Å². The van der Waals surface area contributed by atoms with E-state index in [1.165, 1.54) is 19.2 Å². The fourth-order valence-corrected chi connectivity index (χ4v) is 4.72. The summed E-state index contributed by atoms with van der Waals surface area (Å²) >= 11 is 0. The molecule has 0 aromatic heterocycles. The van der Waals surface area contributed by atoms with E-state index in [4.69, 9.17) is 4.74 Å². The maximum absolute atomic E-state index is 13.7. The number of methoxy groups -OCH3 is 1. The van der Waals surface area contributed by atoms with Crippen molar-refractivity contribution < 1.29 is 29.1 Å². The molecule has 0 aliphatic carbocycles. The molecule has 1 heterocycles. The number of amidine groups is 1. The molecule has 9 heteroatoms. The summed E-state index contributed by atoms with van der Waals surface area (Å²) in [5.74, 6) is -2.25. The SMILES string of the molecule is COC(C1=CN(c2ccccc2)C(=Nc2ccccc2)S1=O)=c1ccc(=C(O)O)cc1C(=O)O. The topological polar surface area (TPSA) is 120 Å². The van der Waals surface area contributed by atoms with Gasteiger partial charge in [-0.05, 0) is 42.5 Å². The van der Waals surface area contributed by atoms with Crippen molar-refractivity contribution in [2.24, 2.45) is 4.99 Å². The number of carboxylic acids is 1. The van der Waals surface area contributed by atoms with Gasteiger partial charge in [0, 0.05) is 17.1 Å². The van der Waals surface area contributed by atoms with E-state index in [9.17, 15) is 24.3 Å². The van der Waals surface area contributed by atoms with Crippen molar-refractivity contribution in [3.8, 4) is 0 Å². The first-order valence-electron chi connectivity index (χ1n) is 10.1. The number of carbonyl (C=O) groups is 1. The molecule has 0 bridgehead atoms. The van der Waals surface area contributed by atoms with Crippen LogP contribution >= 0.6 is 0 Å². The predicted octanol–water partition coefficient (Wildman–Crippen LogP) is 3.12. The Morgan fingerprint density at radius 1 is 0.941 bits per heavy atom. The number of ether oxygens (including phenoxy) is 1. The van der Waals surface area contributed by atoms with Crippen LogP contribution in [0.25, 0.3) is 11.7 Å². The molecule has 0 spiro atoms. The van der Waals surface area contributed by atoms with Gasteiger partial charge in [-0.25, -0.2) is 14.0 Å². The van der Waals surface area contributed by atoms with Gasteiger partial charge < -0.3 is 20.1 Å². The van der Waals surface area contributed by atoms with Crippen LogP contribution in [0.3, 0.4) is 0 Å². The maximum atomic E-state index is 13.7. The Labute approximate surface area is 197 Å². The minimum Gasteiger partial charge on any atom is -0.495 e. The standard InChI is InChI=1S/C25H20N2O6S/c1-33-22(19-13-12-16(23(28)29)14-20(19)24(30)31)21-15-27(18-10-6-3-7-11-18)25(34(21)32)26-17-8-4-2-5-9-17/h2-15,28-29H,1H3,(H,30,31). The molecular formula is C25H20N2O6S. The van der Waals surface area contributed by atoms with Crippen LogP contribution in [0.15, 0.2) is 95.0 Å². The molecule has 3 N–H and O–H groups in total. The number of aromatic carboxylic acids is 1. The van der Waals surface area contributed by atoms with Gasteiger partial charge in [0.05, 0.1) is 23.6 Å². The van der Waals surface area contributed by atoms with Gasteiger partial charge in [0.25, 0.3) is 5.95 Å². The Bertz CT molecular complexity index is 1450. The number of aliphatic hydroxyl groups excluding tert-OH is 1. The molecule has 1 aliphatic heterocycles. The van der Waals surface area contributed by atoms with Gasteiger partial charge in [0.2, 0.25) is 5.17 Å². The van der Waals surface area contributed by atoms with E-state index in [1.807, 2.05) is 48.5 Å². The minimum atomic E-state index is -1.82. The molecule has 4 rings (SSSR count). The number of carboxylic acid groups (broad SMARTS) is 1. The molecule has 0 saturated heterocycles. The second kappa shape index (κ2) is 9.63. The number of rotatable bonds is 5. The Hall–Kier alpha value is -4.37. The molecule has 3 aromatic rings. The number of hydrogen-bond donors (Lipinski definition) is 3. The summed E-state index contributed by atoms with van der Waals surface area (Å²) in [5.41, 5.74) is 1.07. The van der Waals surface area contributed by atoms with Gasteiger partial charge >= 0.3 is 5.97 Å². The number of nitrogens with zero attached hydrogens (tertiary/aromatic N) is 2. The molecule has 8 nitrogen and oxygen atoms in total. The van der Waals surface area contributed by atoms with E-state index in [2.05, 4.69) is 4.99 Å². The second-order valence-electron chi connectivity index (χ2n) is 7.12. The first-order chi connectivity index (χ1) is 16.4. The molecule has 34 heavy (non-hydrogen) atoms. The van der Waals surface area contributed by atoms with Crippen LogP contribution in [0, 0.1) is 0 Å². The third-order valence-electron chi connectivity index (χ3n) is 5.01. The Morgan fingerprint density at radius 3 is 2.18 bits per heavy atom. The predicted molar refractivity (Wildman–Crippen MR) is 130 cm³/mol. The van der Waals surface area contributed by atoms with Crippen LogP contribution in [0.1, 0.15) is 10.4 Å². The maximum Gasteiger partial charge on any atom is 0.336 e. The third kappa shape index (κ3) is 4.41. The zero-order valence-electron chi connectivity index (χ0n) is 18.0. The summed E-state index contributed by atoms with van der Waals surface area (Å²) in [6.45, 7) is 0. The van der Waals surface area contributed by atoms with Gasteiger partial charge in [-0.15, -0.1) is 0 Å². The lowest BCUT2D eigenvalue weighted by atomic mass is 10.1. The van der Waals surface area contributed by atoms with E-state index < -0.39 is 22.7 Å². The zero-order valence-corrected chi connectivity index (χ0v) is 18.8. The Morgan fingerprint density at radius 2 is 1.59 bits per heavy atom. The molecule has 1 aliphatic rings. The summed E-state index contributed by atoms with van der Waals surface area (Å²) in [4.78, 5) is 18.4. The van der Waals surface area contributed by atoms with Crippen LogP contribution in [-0.2, 0) is 15.5 Å². The van der Waals surface area contributed by atoms with Gasteiger partial charge in [-0.3, -0.25) is 4.90 Å². The quantitative estimate of drug-likeness (QED) is 0.518. The highest BCUT2D eigenvalue weighted by molar-refractivity contribution is 8.05. The number of aliphatic imine (C=N–C) groups is 1. The van der Waals surface area contributed by atoms with Crippen LogP contribution in [0.2, 0.25) is 0 Å². The number of anilines is 1. The highest BCUT2D eigenvalue weighted by atomic mass is 32.2. The molecule has 3 aromatic carbocycles. The first-order valence-corrected chi connectivity index (χ1v) is 11.2. The fourth-order valence-electron chi connectivity index (χ4n) is 3.43. The number of para-hydroxylation sites is 2. The average molecular weight is 477 g/mol. The smallest absolute Gasteiger partial charge is 0.336 e. The average Bonchev–Trinajstić information content (AvgIpc) is 3.16. The normalized spacial score (nSPS) is 17.3. The van der Waals surface area contributed by atoms with Crippen molar-refractivity contribution >= 4 is 45.0 Å². The van der Waals surface area contributed by atoms with Crippen molar-refractivity contribution in [3.63, 3.8) is 0 Å². The molecule has 0 saturated carbocycles. The van der Waals surface area contributed by atoms with Crippen molar-refractivity contribution in [1.29, 1.82) is 0 Å². The third-order valence-corrected chi connectivity index (χ3v) is 6.32. The second-order valence-corrected chi connectivity index (χ2v) is 8.46. The molecular weight excluding hydrogens is 456 g/mol. The van der Waals surface area contributed by atoms with Crippen molar-refractivity contribution in [2.45, 2.75) is 0 Å². The molecule has 0 fully saturated rings. The number of benzene rings is 3. The largest absolute Gasteiger partial charge is 0.495 e. The Balaban J connectivity index is 1.96. The monoisotopic (exact) mass is 476 g/mol. The minimum absolute atomic E-state index is 0.0684. The molecule has 0 radical (unpaired) electrons. The van der Waals surface area contributed by atoms with Crippen LogP contribution in [0.4, 0.5) is 11.4 Å². The summed E-state index contributed by atoms with van der Waals surface area (Å²) in [5, 5.41) is 28.8. The first kappa shape index (κ1) is 22.8. The highest BCUT2D eigenvalue weighted by Crippen LogP contribution is 2.31. The fraction of sp³-hybridized carbons (Fsp3) is 0.0400. The van der Waals surface area contributed by atoms with Gasteiger partial charge in [0.1, 0.15) is 21.5 Å². The van der Waals surface area contributed by atoms with Crippen LogP contribution in [0.5, 0.6) is 0 Å². The summed E-state index contributed by atoms with van der Waals surface area (Å²) in [6, 6.07) is 22.1. The summed E-state index contributed by atoms with van der Waals surface area (Å²) < 4.78 is 19.2. The molecule has 0 amide bonds.